The van der Waals surface area contributed by atoms with Gasteiger partial charge < -0.3 is 5.73 Å². The Kier molecular flexibility index (Phi) is 1.77. The Morgan fingerprint density at radius 2 is 2.00 bits per heavy atom. The highest BCUT2D eigenvalue weighted by atomic mass is 14.9. The minimum absolute atomic E-state index is 0.438. The summed E-state index contributed by atoms with van der Waals surface area (Å²) in [6.45, 7) is 3.87. The molecule has 3 heteroatoms. The van der Waals surface area contributed by atoms with E-state index in [1.54, 1.807) is 6.07 Å². The van der Waals surface area contributed by atoms with Gasteiger partial charge in [0, 0.05) is 6.07 Å². The first-order chi connectivity index (χ1) is 5.16. The highest BCUT2D eigenvalue weighted by Crippen LogP contribution is 2.27. The number of nitrogen functional groups attached to an aromatic ring is 1. The van der Waals surface area contributed by atoms with Gasteiger partial charge in [-0.1, -0.05) is 6.07 Å². The highest BCUT2D eigenvalue weighted by molar-refractivity contribution is 5.71. The van der Waals surface area contributed by atoms with E-state index in [1.807, 2.05) is 19.9 Å². The van der Waals surface area contributed by atoms with Crippen LogP contribution in [0.2, 0.25) is 0 Å². The number of benzene rings is 1. The fourth-order valence-corrected chi connectivity index (χ4v) is 0.910. The number of anilines is 1. The molecule has 11 heavy (non-hydrogen) atoms. The van der Waals surface area contributed by atoms with Gasteiger partial charge in [0.2, 0.25) is 5.39 Å². The van der Waals surface area contributed by atoms with Gasteiger partial charge in [-0.15, -0.1) is 0 Å². The van der Waals surface area contributed by atoms with Crippen molar-refractivity contribution in [1.29, 1.82) is 5.39 Å². The molecule has 0 spiro atoms. The summed E-state index contributed by atoms with van der Waals surface area (Å²) in [5.41, 5.74) is 8.71. The van der Waals surface area contributed by atoms with E-state index >= 15 is 0 Å². The molecule has 1 rings (SSSR count). The molecule has 3 nitrogen and oxygen atoms in total. The molecule has 0 fully saturated rings. The quantitative estimate of drug-likeness (QED) is 0.453. The molecule has 1 aromatic carbocycles. The molecule has 0 amide bonds. The molecule has 0 unspecified atom stereocenters. The van der Waals surface area contributed by atoms with Crippen molar-refractivity contribution in [1.82, 2.24) is 0 Å². The molecule has 0 aliphatic carbocycles. The van der Waals surface area contributed by atoms with Crippen LogP contribution in [-0.2, 0) is 0 Å². The molecular weight excluding hydrogens is 138 g/mol. The molecule has 0 bridgehead atoms. The number of nitrogens with zero attached hydrogens (tertiary/aromatic N) is 2. The normalized spacial score (nSPS) is 9.18. The summed E-state index contributed by atoms with van der Waals surface area (Å²) in [7, 11) is 0. The van der Waals surface area contributed by atoms with Crippen molar-refractivity contribution in [3.8, 4) is 0 Å². The van der Waals surface area contributed by atoms with Gasteiger partial charge in [-0.3, -0.25) is 0 Å². The fourth-order valence-electron chi connectivity index (χ4n) is 0.910. The van der Waals surface area contributed by atoms with Crippen molar-refractivity contribution in [2.24, 2.45) is 0 Å². The molecule has 0 aliphatic heterocycles. The van der Waals surface area contributed by atoms with E-state index < -0.39 is 0 Å². The van der Waals surface area contributed by atoms with Crippen LogP contribution in [0.3, 0.4) is 0 Å². The summed E-state index contributed by atoms with van der Waals surface area (Å²) in [6, 6.07) is 3.57. The van der Waals surface area contributed by atoms with Crippen LogP contribution in [0.4, 0.5) is 11.4 Å². The third kappa shape index (κ3) is 1.15. The predicted octanol–water partition coefficient (Wildman–Crippen LogP) is 2.37. The number of rotatable bonds is 0. The maximum absolute atomic E-state index is 8.48. The second kappa shape index (κ2) is 2.59. The zero-order chi connectivity index (χ0) is 8.43. The van der Waals surface area contributed by atoms with Crippen LogP contribution in [0.5, 0.6) is 0 Å². The largest absolute Gasteiger partial charge is 0.407 e. The molecule has 0 saturated carbocycles. The lowest BCUT2D eigenvalue weighted by Gasteiger charge is -1.98. The lowest BCUT2D eigenvalue weighted by molar-refractivity contribution is 1.34. The number of diazo groups is 1. The van der Waals surface area contributed by atoms with Gasteiger partial charge in [0.05, 0.1) is 0 Å². The van der Waals surface area contributed by atoms with Crippen LogP contribution in [0, 0.1) is 19.2 Å². The Hall–Kier alpha value is -1.56. The van der Waals surface area contributed by atoms with Crippen LogP contribution in [0.1, 0.15) is 11.1 Å². The van der Waals surface area contributed by atoms with E-state index in [4.69, 9.17) is 11.1 Å². The maximum atomic E-state index is 8.48. The SMILES string of the molecule is Cc1ccc([N+]#N)c(N)c1C. The smallest absolute Gasteiger partial charge is 0.392 e. The van der Waals surface area contributed by atoms with Crippen molar-refractivity contribution in [3.63, 3.8) is 0 Å². The Labute approximate surface area is 65.5 Å². The van der Waals surface area contributed by atoms with E-state index in [9.17, 15) is 0 Å². The molecule has 0 radical (unpaired) electrons. The molecule has 1 aromatic rings. The van der Waals surface area contributed by atoms with Crippen molar-refractivity contribution in [3.05, 3.63) is 28.2 Å². The van der Waals surface area contributed by atoms with Gasteiger partial charge >= 0.3 is 5.69 Å². The van der Waals surface area contributed by atoms with Crippen molar-refractivity contribution in [2.75, 3.05) is 5.73 Å². The minimum atomic E-state index is 0.438. The van der Waals surface area contributed by atoms with E-state index in [2.05, 4.69) is 4.98 Å². The third-order valence-electron chi connectivity index (χ3n) is 1.87. The summed E-state index contributed by atoms with van der Waals surface area (Å²) >= 11 is 0. The molecule has 0 saturated heterocycles. The summed E-state index contributed by atoms with van der Waals surface area (Å²) in [5, 5.41) is 8.48. The number of nitrogens with two attached hydrogens (primary N) is 1. The third-order valence-corrected chi connectivity index (χ3v) is 1.87. The average Bonchev–Trinajstić information content (AvgIpc) is 2.01. The first-order valence-corrected chi connectivity index (χ1v) is 3.37. The van der Waals surface area contributed by atoms with E-state index in [0.717, 1.165) is 11.1 Å². The standard InChI is InChI=1S/C8H10N3/c1-5-3-4-7(11-10)8(9)6(5)2/h3-4H,9H2,1-2H3/q+1. The lowest BCUT2D eigenvalue weighted by atomic mass is 10.1. The Bertz CT molecular complexity index is 323. The zero-order valence-corrected chi connectivity index (χ0v) is 6.63. The summed E-state index contributed by atoms with van der Waals surface area (Å²) < 4.78 is 0. The highest BCUT2D eigenvalue weighted by Gasteiger charge is 2.12. The van der Waals surface area contributed by atoms with Crippen molar-refractivity contribution in [2.45, 2.75) is 13.8 Å². The Morgan fingerprint density at radius 3 is 2.55 bits per heavy atom. The average molecular weight is 148 g/mol. The van der Waals surface area contributed by atoms with Gasteiger partial charge in [0.15, 0.2) is 4.98 Å². The Morgan fingerprint density at radius 1 is 1.36 bits per heavy atom. The second-order valence-electron chi connectivity index (χ2n) is 2.54. The van der Waals surface area contributed by atoms with Crippen LogP contribution in [0.15, 0.2) is 12.1 Å². The van der Waals surface area contributed by atoms with E-state index in [0.29, 0.717) is 11.4 Å². The van der Waals surface area contributed by atoms with Crippen molar-refractivity contribution >= 4 is 11.4 Å². The first kappa shape index (κ1) is 7.55. The molecule has 0 heterocycles. The molecule has 56 valence electrons. The first-order valence-electron chi connectivity index (χ1n) is 3.37. The molecule has 2 N–H and O–H groups in total. The topological polar surface area (TPSA) is 54.2 Å². The summed E-state index contributed by atoms with van der Waals surface area (Å²) in [6.07, 6.45) is 0. The molecule has 0 aromatic heterocycles. The number of hydrogen-bond acceptors (Lipinski definition) is 2. The maximum Gasteiger partial charge on any atom is 0.407 e. The summed E-state index contributed by atoms with van der Waals surface area (Å²) in [5.74, 6) is 0. The molecular formula is C8H10N3+. The van der Waals surface area contributed by atoms with E-state index in [1.165, 1.54) is 0 Å². The number of hydrogen-bond donors (Lipinski definition) is 1. The lowest BCUT2D eigenvalue weighted by Crippen LogP contribution is -1.91. The molecule has 0 aliphatic rings. The minimum Gasteiger partial charge on any atom is -0.392 e. The van der Waals surface area contributed by atoms with Gasteiger partial charge in [-0.2, -0.15) is 0 Å². The Balaban J connectivity index is 3.40. The van der Waals surface area contributed by atoms with Gasteiger partial charge in [0.1, 0.15) is 5.69 Å². The monoisotopic (exact) mass is 148 g/mol. The van der Waals surface area contributed by atoms with Crippen LogP contribution >= 0.6 is 0 Å². The van der Waals surface area contributed by atoms with Gasteiger partial charge in [-0.05, 0) is 25.0 Å². The van der Waals surface area contributed by atoms with Crippen LogP contribution in [-0.4, -0.2) is 0 Å². The van der Waals surface area contributed by atoms with Crippen LogP contribution < -0.4 is 5.73 Å². The summed E-state index contributed by atoms with van der Waals surface area (Å²) in [4.78, 5) is 3.05. The fraction of sp³-hybridized carbons (Fsp3) is 0.250. The van der Waals surface area contributed by atoms with Crippen molar-refractivity contribution < 1.29 is 0 Å². The van der Waals surface area contributed by atoms with Crippen LogP contribution in [0.25, 0.3) is 4.98 Å². The van der Waals surface area contributed by atoms with Gasteiger partial charge in [-0.25, -0.2) is 0 Å². The predicted molar refractivity (Wildman–Crippen MR) is 45.1 cm³/mol. The zero-order valence-electron chi connectivity index (χ0n) is 6.63. The molecule has 0 atom stereocenters. The second-order valence-corrected chi connectivity index (χ2v) is 2.54. The number of aryl methyl sites for hydroxylation is 1. The van der Waals surface area contributed by atoms with Gasteiger partial charge in [0.25, 0.3) is 0 Å². The van der Waals surface area contributed by atoms with E-state index in [-0.39, 0.29) is 0 Å².